The van der Waals surface area contributed by atoms with Crippen LogP contribution in [-0.2, 0) is 4.79 Å². The molecule has 1 saturated heterocycles. The van der Waals surface area contributed by atoms with Gasteiger partial charge in [0.15, 0.2) is 0 Å². The quantitative estimate of drug-likeness (QED) is 0.939. The molecular weight excluding hydrogens is 292 g/mol. The first-order chi connectivity index (χ1) is 10.1. The van der Waals surface area contributed by atoms with E-state index in [2.05, 4.69) is 15.5 Å². The van der Waals surface area contributed by atoms with Crippen molar-refractivity contribution in [2.45, 2.75) is 19.4 Å². The summed E-state index contributed by atoms with van der Waals surface area (Å²) < 4.78 is 5.47. The maximum absolute atomic E-state index is 11.9. The molecule has 1 aliphatic rings. The molecule has 3 rings (SSSR count). The summed E-state index contributed by atoms with van der Waals surface area (Å²) >= 11 is 5.83. The fourth-order valence-electron chi connectivity index (χ4n) is 2.14. The maximum Gasteiger partial charge on any atom is 0.316 e. The molecule has 6 nitrogen and oxygen atoms in total. The molecule has 7 heteroatoms. The van der Waals surface area contributed by atoms with E-state index in [9.17, 15) is 4.79 Å². The maximum atomic E-state index is 11.9. The molecule has 1 aliphatic heterocycles. The minimum atomic E-state index is 0.0417. The van der Waals surface area contributed by atoms with Crippen molar-refractivity contribution in [1.82, 2.24) is 15.1 Å². The van der Waals surface area contributed by atoms with Gasteiger partial charge < -0.3 is 14.6 Å². The molecule has 0 spiro atoms. The first kappa shape index (κ1) is 13.9. The highest BCUT2D eigenvalue weighted by molar-refractivity contribution is 6.30. The Morgan fingerprint density at radius 3 is 2.81 bits per heavy atom. The number of hydrogen-bond acceptors (Lipinski definition) is 5. The van der Waals surface area contributed by atoms with E-state index in [-0.39, 0.29) is 18.5 Å². The molecule has 2 heterocycles. The van der Waals surface area contributed by atoms with Gasteiger partial charge in [-0.2, -0.15) is 0 Å². The monoisotopic (exact) mass is 306 g/mol. The fourth-order valence-corrected chi connectivity index (χ4v) is 2.27. The highest BCUT2D eigenvalue weighted by Gasteiger charge is 2.27. The van der Waals surface area contributed by atoms with Crippen LogP contribution < -0.4 is 5.32 Å². The number of benzene rings is 1. The smallest absolute Gasteiger partial charge is 0.316 e. The molecule has 2 aromatic rings. The second-order valence-corrected chi connectivity index (χ2v) is 5.43. The number of aromatic nitrogens is 2. The number of amides is 1. The number of carbonyl (C=O) groups excluding carboxylic acids is 1. The van der Waals surface area contributed by atoms with Gasteiger partial charge in [-0.15, -0.1) is 5.10 Å². The number of nitrogens with zero attached hydrogens (tertiary/aromatic N) is 3. The summed E-state index contributed by atoms with van der Waals surface area (Å²) in [6, 6.07) is 7.67. The number of likely N-dealkylation sites (tertiary alicyclic amines) is 1. The van der Waals surface area contributed by atoms with Crippen molar-refractivity contribution < 1.29 is 9.21 Å². The summed E-state index contributed by atoms with van der Waals surface area (Å²) in [6.45, 7) is 3.01. The zero-order chi connectivity index (χ0) is 14.8. The van der Waals surface area contributed by atoms with E-state index in [1.165, 1.54) is 0 Å². The lowest BCUT2D eigenvalue weighted by atomic mass is 10.1. The van der Waals surface area contributed by atoms with Crippen molar-refractivity contribution in [3.8, 4) is 11.5 Å². The van der Waals surface area contributed by atoms with Gasteiger partial charge in [-0.25, -0.2) is 0 Å². The van der Waals surface area contributed by atoms with Crippen molar-refractivity contribution in [3.63, 3.8) is 0 Å². The van der Waals surface area contributed by atoms with Crippen LogP contribution in [0.5, 0.6) is 0 Å². The van der Waals surface area contributed by atoms with Crippen LogP contribution in [0.25, 0.3) is 11.5 Å². The Morgan fingerprint density at radius 1 is 1.43 bits per heavy atom. The summed E-state index contributed by atoms with van der Waals surface area (Å²) in [5.41, 5.74) is 0.780. The molecule has 0 aliphatic carbocycles. The summed E-state index contributed by atoms with van der Waals surface area (Å²) in [5, 5.41) is 11.3. The molecule has 1 unspecified atom stereocenters. The zero-order valence-electron chi connectivity index (χ0n) is 11.5. The predicted octanol–water partition coefficient (Wildman–Crippen LogP) is 2.42. The molecule has 110 valence electrons. The van der Waals surface area contributed by atoms with Crippen LogP contribution >= 0.6 is 11.6 Å². The van der Waals surface area contributed by atoms with Crippen LogP contribution in [0.3, 0.4) is 0 Å². The molecule has 1 N–H and O–H groups in total. The first-order valence-electron chi connectivity index (χ1n) is 6.76. The number of rotatable bonds is 4. The lowest BCUT2D eigenvalue weighted by Crippen LogP contribution is -2.51. The Morgan fingerprint density at radius 2 is 2.19 bits per heavy atom. The third kappa shape index (κ3) is 3.00. The average Bonchev–Trinajstić information content (AvgIpc) is 2.93. The van der Waals surface area contributed by atoms with Crippen molar-refractivity contribution >= 4 is 23.5 Å². The third-order valence-corrected chi connectivity index (χ3v) is 3.80. The second-order valence-electron chi connectivity index (χ2n) is 5.00. The van der Waals surface area contributed by atoms with E-state index in [0.717, 1.165) is 18.5 Å². The number of anilines is 1. The van der Waals surface area contributed by atoms with E-state index in [1.54, 1.807) is 24.3 Å². The van der Waals surface area contributed by atoms with Gasteiger partial charge in [0, 0.05) is 23.2 Å². The largest absolute Gasteiger partial charge is 0.403 e. The van der Waals surface area contributed by atoms with Gasteiger partial charge in [0.25, 0.3) is 0 Å². The summed E-state index contributed by atoms with van der Waals surface area (Å²) in [5.74, 6) is 0.430. The van der Waals surface area contributed by atoms with E-state index >= 15 is 0 Å². The number of carbonyl (C=O) groups is 1. The van der Waals surface area contributed by atoms with Crippen LogP contribution in [0, 0.1) is 0 Å². The van der Waals surface area contributed by atoms with Gasteiger partial charge >= 0.3 is 6.01 Å². The van der Waals surface area contributed by atoms with Gasteiger partial charge in [0.05, 0.1) is 6.54 Å². The minimum Gasteiger partial charge on any atom is -0.403 e. The third-order valence-electron chi connectivity index (χ3n) is 3.55. The lowest BCUT2D eigenvalue weighted by molar-refractivity contribution is -0.136. The van der Waals surface area contributed by atoms with Gasteiger partial charge in [-0.05, 0) is 37.6 Å². The normalized spacial score (nSPS) is 17.4. The Bertz CT molecular complexity index is 641. The molecule has 1 atom stereocenters. The zero-order valence-corrected chi connectivity index (χ0v) is 12.3. The van der Waals surface area contributed by atoms with Crippen LogP contribution in [0.4, 0.5) is 6.01 Å². The lowest BCUT2D eigenvalue weighted by Gasteiger charge is -2.38. The minimum absolute atomic E-state index is 0.0417. The SMILES string of the molecule is CC1CCN1C(=O)CNc1nnc(-c2ccc(Cl)cc2)o1. The van der Waals surface area contributed by atoms with Crippen molar-refractivity contribution in [2.24, 2.45) is 0 Å². The Kier molecular flexibility index (Phi) is 3.79. The van der Waals surface area contributed by atoms with Crippen LogP contribution in [0.2, 0.25) is 5.02 Å². The summed E-state index contributed by atoms with van der Waals surface area (Å²) in [4.78, 5) is 13.7. The average molecular weight is 307 g/mol. The van der Waals surface area contributed by atoms with Crippen molar-refractivity contribution in [3.05, 3.63) is 29.3 Å². The Labute approximate surface area is 127 Å². The standard InChI is InChI=1S/C14H15ClN4O2/c1-9-6-7-19(9)12(20)8-16-14-18-17-13(21-14)10-2-4-11(15)5-3-10/h2-5,9H,6-8H2,1H3,(H,16,18). The van der Waals surface area contributed by atoms with Crippen LogP contribution in [-0.4, -0.2) is 40.1 Å². The predicted molar refractivity (Wildman–Crippen MR) is 79.0 cm³/mol. The van der Waals surface area contributed by atoms with Gasteiger partial charge in [0.1, 0.15) is 0 Å². The van der Waals surface area contributed by atoms with E-state index < -0.39 is 0 Å². The van der Waals surface area contributed by atoms with Gasteiger partial charge in [0.2, 0.25) is 11.8 Å². The molecule has 1 amide bonds. The molecule has 1 aromatic carbocycles. The molecule has 0 saturated carbocycles. The van der Waals surface area contributed by atoms with Crippen LogP contribution in [0.1, 0.15) is 13.3 Å². The second kappa shape index (κ2) is 5.73. The molecule has 1 aromatic heterocycles. The summed E-state index contributed by atoms with van der Waals surface area (Å²) in [7, 11) is 0. The van der Waals surface area contributed by atoms with E-state index in [1.807, 2.05) is 11.8 Å². The topological polar surface area (TPSA) is 71.3 Å². The van der Waals surface area contributed by atoms with Crippen molar-refractivity contribution in [2.75, 3.05) is 18.4 Å². The molecule has 0 radical (unpaired) electrons. The molecule has 21 heavy (non-hydrogen) atoms. The van der Waals surface area contributed by atoms with Gasteiger partial charge in [-0.3, -0.25) is 4.79 Å². The fraction of sp³-hybridized carbons (Fsp3) is 0.357. The van der Waals surface area contributed by atoms with E-state index in [4.69, 9.17) is 16.0 Å². The number of nitrogens with one attached hydrogen (secondary N) is 1. The van der Waals surface area contributed by atoms with E-state index in [0.29, 0.717) is 17.0 Å². The Hall–Kier alpha value is -2.08. The highest BCUT2D eigenvalue weighted by atomic mass is 35.5. The Balaban J connectivity index is 1.60. The van der Waals surface area contributed by atoms with Gasteiger partial charge in [-0.1, -0.05) is 16.7 Å². The first-order valence-corrected chi connectivity index (χ1v) is 7.14. The molecular formula is C14H15ClN4O2. The molecule has 1 fully saturated rings. The highest BCUT2D eigenvalue weighted by Crippen LogP contribution is 2.22. The van der Waals surface area contributed by atoms with Crippen molar-refractivity contribution in [1.29, 1.82) is 0 Å². The molecule has 0 bridgehead atoms. The van der Waals surface area contributed by atoms with Crippen LogP contribution in [0.15, 0.2) is 28.7 Å². The number of halogens is 1. The number of hydrogen-bond donors (Lipinski definition) is 1. The summed E-state index contributed by atoms with van der Waals surface area (Å²) in [6.07, 6.45) is 1.06.